The van der Waals surface area contributed by atoms with Crippen molar-refractivity contribution in [3.05, 3.63) is 20.4 Å². The lowest BCUT2D eigenvalue weighted by molar-refractivity contribution is 0.561. The van der Waals surface area contributed by atoms with Crippen LogP contribution in [-0.2, 0) is 20.0 Å². The summed E-state index contributed by atoms with van der Waals surface area (Å²) < 4.78 is 20.3. The number of aromatic nitrogens is 1. The van der Waals surface area contributed by atoms with E-state index in [0.717, 1.165) is 0 Å². The molecule has 1 heterocycles. The van der Waals surface area contributed by atoms with Gasteiger partial charge in [0.1, 0.15) is 4.90 Å². The van der Waals surface area contributed by atoms with Crippen LogP contribution >= 0.6 is 46.4 Å². The minimum atomic E-state index is -3.75. The third-order valence-corrected chi connectivity index (χ3v) is 4.34. The van der Waals surface area contributed by atoms with Crippen molar-refractivity contribution in [2.24, 2.45) is 0 Å². The van der Waals surface area contributed by atoms with E-state index in [-0.39, 0.29) is 25.2 Å². The standard InChI is InChI=1S/C5HCl4NO2S2/c6-1-3(14(11,12)13)2(7)5(9)10-4(1)8/h(H,11,12,13). The van der Waals surface area contributed by atoms with Gasteiger partial charge in [-0.2, -0.15) is 0 Å². The lowest BCUT2D eigenvalue weighted by Gasteiger charge is -2.07. The normalized spacial score (nSPS) is 15.2. The maximum Gasteiger partial charge on any atom is 0.174 e. The fraction of sp³-hybridized carbons (Fsp3) is 0. The molecule has 0 spiro atoms. The Morgan fingerprint density at radius 3 is 1.79 bits per heavy atom. The van der Waals surface area contributed by atoms with Crippen LogP contribution in [0, 0.1) is 0 Å². The van der Waals surface area contributed by atoms with Crippen LogP contribution in [0.25, 0.3) is 0 Å². The van der Waals surface area contributed by atoms with E-state index in [9.17, 15) is 4.21 Å². The lowest BCUT2D eigenvalue weighted by Crippen LogP contribution is -2.01. The molecule has 0 saturated heterocycles. The largest absolute Gasteiger partial charge is 0.302 e. The number of hydrogen-bond acceptors (Lipinski definition) is 3. The third kappa shape index (κ3) is 2.41. The molecule has 1 atom stereocenters. The van der Waals surface area contributed by atoms with E-state index in [0.29, 0.717) is 0 Å². The van der Waals surface area contributed by atoms with Crippen molar-refractivity contribution in [1.29, 1.82) is 0 Å². The molecule has 1 N–H and O–H groups in total. The molecular formula is C5HCl4NO2S2. The maximum atomic E-state index is 11.2. The van der Waals surface area contributed by atoms with Gasteiger partial charge in [-0.3, -0.25) is 0 Å². The fourth-order valence-corrected chi connectivity index (χ4v) is 3.58. The predicted octanol–water partition coefficient (Wildman–Crippen LogP) is 3.27. The number of halogens is 4. The van der Waals surface area contributed by atoms with Crippen LogP contribution in [0.5, 0.6) is 0 Å². The first-order chi connectivity index (χ1) is 6.25. The Balaban J connectivity index is 3.74. The molecule has 0 amide bonds. The highest BCUT2D eigenvalue weighted by atomic mass is 35.5. The van der Waals surface area contributed by atoms with Gasteiger partial charge in [-0.05, 0) is 0 Å². The van der Waals surface area contributed by atoms with Crippen molar-refractivity contribution >= 4 is 66.4 Å². The molecular weight excluding hydrogens is 312 g/mol. The Bertz CT molecular complexity index is 461. The van der Waals surface area contributed by atoms with Gasteiger partial charge >= 0.3 is 0 Å². The van der Waals surface area contributed by atoms with Crippen LogP contribution in [0.4, 0.5) is 0 Å². The first-order valence-corrected chi connectivity index (χ1v) is 6.88. The van der Waals surface area contributed by atoms with Crippen molar-refractivity contribution in [1.82, 2.24) is 4.98 Å². The molecule has 0 aliphatic heterocycles. The Labute approximate surface area is 105 Å². The second-order valence-electron chi connectivity index (χ2n) is 2.13. The van der Waals surface area contributed by atoms with Gasteiger partial charge in [-0.25, -0.2) is 9.19 Å². The summed E-state index contributed by atoms with van der Waals surface area (Å²) in [5.74, 6) is 0. The van der Waals surface area contributed by atoms with Crippen molar-refractivity contribution in [3.8, 4) is 0 Å². The summed E-state index contributed by atoms with van der Waals surface area (Å²) >= 11 is 26.6. The molecule has 3 nitrogen and oxygen atoms in total. The molecule has 0 saturated carbocycles. The summed E-state index contributed by atoms with van der Waals surface area (Å²) in [7, 11) is -3.75. The maximum absolute atomic E-state index is 11.2. The van der Waals surface area contributed by atoms with Gasteiger partial charge < -0.3 is 4.55 Å². The highest BCUT2D eigenvalue weighted by molar-refractivity contribution is 8.29. The molecule has 1 rings (SSSR count). The quantitative estimate of drug-likeness (QED) is 0.809. The molecule has 1 unspecified atom stereocenters. The molecule has 1 aromatic heterocycles. The monoisotopic (exact) mass is 311 g/mol. The zero-order chi connectivity index (χ0) is 11.1. The van der Waals surface area contributed by atoms with Crippen LogP contribution in [0.1, 0.15) is 0 Å². The molecule has 0 bridgehead atoms. The molecule has 0 fully saturated rings. The fourth-order valence-electron chi connectivity index (χ4n) is 0.695. The zero-order valence-electron chi connectivity index (χ0n) is 6.13. The number of rotatable bonds is 1. The van der Waals surface area contributed by atoms with Crippen molar-refractivity contribution in [3.63, 3.8) is 0 Å². The summed E-state index contributed by atoms with van der Waals surface area (Å²) in [4.78, 5) is 3.16. The summed E-state index contributed by atoms with van der Waals surface area (Å²) in [6.45, 7) is 0. The van der Waals surface area contributed by atoms with Crippen molar-refractivity contribution < 1.29 is 8.76 Å². The summed E-state index contributed by atoms with van der Waals surface area (Å²) in [5, 5.41) is -0.961. The molecule has 0 aliphatic carbocycles. The van der Waals surface area contributed by atoms with Gasteiger partial charge in [-0.1, -0.05) is 46.4 Å². The molecule has 14 heavy (non-hydrogen) atoms. The SMILES string of the molecule is O=S(O)(=S)c1c(Cl)c(Cl)nc(Cl)c1Cl. The Hall–Kier alpha value is 0.640. The highest BCUT2D eigenvalue weighted by Crippen LogP contribution is 2.37. The van der Waals surface area contributed by atoms with Crippen LogP contribution in [0.2, 0.25) is 20.4 Å². The van der Waals surface area contributed by atoms with Crippen LogP contribution < -0.4 is 0 Å². The Kier molecular flexibility index (Phi) is 3.86. The van der Waals surface area contributed by atoms with Gasteiger partial charge in [0.15, 0.2) is 19.1 Å². The molecule has 9 heteroatoms. The first-order valence-electron chi connectivity index (χ1n) is 2.92. The third-order valence-electron chi connectivity index (χ3n) is 1.22. The molecule has 0 radical (unpaired) electrons. The van der Waals surface area contributed by atoms with Gasteiger partial charge in [0.05, 0.1) is 10.0 Å². The molecule has 0 aromatic carbocycles. The minimum absolute atomic E-state index is 0.220. The second-order valence-corrected chi connectivity index (χ2v) is 6.31. The topological polar surface area (TPSA) is 50.2 Å². The average molecular weight is 313 g/mol. The van der Waals surface area contributed by atoms with E-state index in [1.54, 1.807) is 0 Å². The minimum Gasteiger partial charge on any atom is -0.302 e. The van der Waals surface area contributed by atoms with E-state index in [1.807, 2.05) is 0 Å². The van der Waals surface area contributed by atoms with Crippen LogP contribution in [0.15, 0.2) is 4.90 Å². The van der Waals surface area contributed by atoms with Gasteiger partial charge in [0.25, 0.3) is 0 Å². The number of nitrogens with zero attached hydrogens (tertiary/aromatic N) is 1. The first kappa shape index (κ1) is 12.7. The highest BCUT2D eigenvalue weighted by Gasteiger charge is 2.22. The van der Waals surface area contributed by atoms with E-state index in [1.165, 1.54) is 0 Å². The molecule has 1 aromatic rings. The van der Waals surface area contributed by atoms with E-state index in [4.69, 9.17) is 51.0 Å². The summed E-state index contributed by atoms with van der Waals surface area (Å²) in [5.41, 5.74) is 0. The smallest absolute Gasteiger partial charge is 0.174 e. The van der Waals surface area contributed by atoms with Gasteiger partial charge in [0.2, 0.25) is 0 Å². The van der Waals surface area contributed by atoms with Crippen LogP contribution in [-0.4, -0.2) is 13.7 Å². The number of hydrogen-bond donors (Lipinski definition) is 1. The number of pyridine rings is 1. The average Bonchev–Trinajstić information content (AvgIpc) is 1.98. The van der Waals surface area contributed by atoms with Gasteiger partial charge in [0, 0.05) is 11.2 Å². The summed E-state index contributed by atoms with van der Waals surface area (Å²) in [6, 6.07) is 0. The lowest BCUT2D eigenvalue weighted by atomic mass is 10.5. The zero-order valence-corrected chi connectivity index (χ0v) is 10.8. The van der Waals surface area contributed by atoms with Gasteiger partial charge in [-0.15, -0.1) is 0 Å². The second kappa shape index (κ2) is 4.25. The predicted molar refractivity (Wildman–Crippen MR) is 60.7 cm³/mol. The summed E-state index contributed by atoms with van der Waals surface area (Å²) in [6.07, 6.45) is 0. The van der Waals surface area contributed by atoms with E-state index in [2.05, 4.69) is 16.2 Å². The molecule has 78 valence electrons. The Morgan fingerprint density at radius 1 is 1.14 bits per heavy atom. The van der Waals surface area contributed by atoms with E-state index < -0.39 is 8.77 Å². The molecule has 0 aliphatic rings. The van der Waals surface area contributed by atoms with Crippen molar-refractivity contribution in [2.45, 2.75) is 4.90 Å². The van der Waals surface area contributed by atoms with Crippen molar-refractivity contribution in [2.75, 3.05) is 0 Å². The van der Waals surface area contributed by atoms with Crippen LogP contribution in [0.3, 0.4) is 0 Å². The van der Waals surface area contributed by atoms with E-state index >= 15 is 0 Å². The Morgan fingerprint density at radius 2 is 1.50 bits per heavy atom.